The number of hydrogen-bond acceptors (Lipinski definition) is 6. The van der Waals surface area contributed by atoms with Crippen molar-refractivity contribution in [2.75, 3.05) is 5.32 Å². The molecule has 4 fully saturated rings. The lowest BCUT2D eigenvalue weighted by Crippen LogP contribution is -2.62. The monoisotopic (exact) mass is 540 g/mol. The van der Waals surface area contributed by atoms with Crippen molar-refractivity contribution in [1.82, 2.24) is 4.98 Å². The molecule has 1 aromatic heterocycles. The Balaban J connectivity index is 1.13. The summed E-state index contributed by atoms with van der Waals surface area (Å²) in [5.41, 5.74) is 0.765. The largest absolute Gasteiger partial charge is 0.393 e. The van der Waals surface area contributed by atoms with Gasteiger partial charge in [0.1, 0.15) is 0 Å². The average molecular weight is 541 g/mol. The molecule has 6 nitrogen and oxygen atoms in total. The highest BCUT2D eigenvalue weighted by Crippen LogP contribution is 2.68. The van der Waals surface area contributed by atoms with Gasteiger partial charge in [0, 0.05) is 6.42 Å². The third-order valence-corrected chi connectivity index (χ3v) is 12.8. The molecule has 0 saturated heterocycles. The summed E-state index contributed by atoms with van der Waals surface area (Å²) in [5.74, 6) is 1.82. The quantitative estimate of drug-likeness (QED) is 0.395. The Bertz CT molecular complexity index is 1150. The number of benzene rings is 1. The molecule has 2 aromatic rings. The minimum atomic E-state index is -0.394. The number of rotatable bonds is 5. The van der Waals surface area contributed by atoms with Crippen LogP contribution in [-0.2, 0) is 4.79 Å². The van der Waals surface area contributed by atoms with Crippen LogP contribution in [0.15, 0.2) is 24.3 Å². The van der Waals surface area contributed by atoms with Crippen LogP contribution in [0.3, 0.4) is 0 Å². The van der Waals surface area contributed by atoms with Gasteiger partial charge in [0.25, 0.3) is 0 Å². The van der Waals surface area contributed by atoms with Gasteiger partial charge in [-0.2, -0.15) is 0 Å². The summed E-state index contributed by atoms with van der Waals surface area (Å²) >= 11 is 1.50. The lowest BCUT2D eigenvalue weighted by Gasteiger charge is -2.63. The maximum Gasteiger partial charge on any atom is 0.226 e. The van der Waals surface area contributed by atoms with Crippen molar-refractivity contribution in [3.05, 3.63) is 24.3 Å². The smallest absolute Gasteiger partial charge is 0.226 e. The molecule has 1 amide bonds. The first-order valence-electron chi connectivity index (χ1n) is 14.8. The van der Waals surface area contributed by atoms with Gasteiger partial charge in [-0.1, -0.05) is 44.2 Å². The number of nitrogens with zero attached hydrogens (tertiary/aromatic N) is 1. The second kappa shape index (κ2) is 9.83. The van der Waals surface area contributed by atoms with E-state index in [-0.39, 0.29) is 34.9 Å². The molecule has 1 heterocycles. The van der Waals surface area contributed by atoms with Crippen LogP contribution >= 0.6 is 11.3 Å². The van der Waals surface area contributed by atoms with E-state index in [2.05, 4.69) is 31.1 Å². The fourth-order valence-corrected chi connectivity index (χ4v) is 10.7. The SMILES string of the molecule is CC(CCC(=O)Nc1nc2ccccc2s1)C1CCC2C3C(O)CC4CC(O)CCC4(C)C3CC(O)C12C. The van der Waals surface area contributed by atoms with Gasteiger partial charge in [-0.3, -0.25) is 4.79 Å². The number of aromatic nitrogens is 1. The molecule has 0 spiro atoms. The van der Waals surface area contributed by atoms with Gasteiger partial charge in [0.2, 0.25) is 5.91 Å². The molecule has 208 valence electrons. The number of aliphatic hydroxyl groups excluding tert-OH is 3. The molecule has 11 unspecified atom stereocenters. The first-order chi connectivity index (χ1) is 18.1. The fourth-order valence-electron chi connectivity index (χ4n) is 9.80. The van der Waals surface area contributed by atoms with Gasteiger partial charge in [-0.25, -0.2) is 4.98 Å². The van der Waals surface area contributed by atoms with Crippen molar-refractivity contribution >= 4 is 32.6 Å². The van der Waals surface area contributed by atoms with Gasteiger partial charge in [0.05, 0.1) is 28.5 Å². The number of fused-ring (bicyclic) bond motifs is 6. The van der Waals surface area contributed by atoms with Crippen molar-refractivity contribution in [2.24, 2.45) is 46.3 Å². The van der Waals surface area contributed by atoms with Gasteiger partial charge in [0.15, 0.2) is 5.13 Å². The Morgan fingerprint density at radius 2 is 1.89 bits per heavy atom. The molecule has 0 radical (unpaired) electrons. The molecular formula is C31H44N2O4S. The number of amides is 1. The van der Waals surface area contributed by atoms with E-state index in [0.29, 0.717) is 41.1 Å². The van der Waals surface area contributed by atoms with E-state index in [9.17, 15) is 20.1 Å². The van der Waals surface area contributed by atoms with Crippen LogP contribution in [0, 0.1) is 46.3 Å². The van der Waals surface area contributed by atoms with Crippen LogP contribution in [0.1, 0.15) is 78.6 Å². The van der Waals surface area contributed by atoms with Crippen LogP contribution in [0.2, 0.25) is 0 Å². The first kappa shape index (κ1) is 26.7. The second-order valence-electron chi connectivity index (χ2n) is 13.6. The number of nitrogens with one attached hydrogen (secondary N) is 1. The van der Waals surface area contributed by atoms with Gasteiger partial charge in [-0.15, -0.1) is 0 Å². The predicted octanol–water partition coefficient (Wildman–Crippen LogP) is 5.61. The van der Waals surface area contributed by atoms with Crippen LogP contribution in [0.4, 0.5) is 5.13 Å². The zero-order valence-corrected chi connectivity index (χ0v) is 23.8. The van der Waals surface area contributed by atoms with Crippen LogP contribution in [0.5, 0.6) is 0 Å². The van der Waals surface area contributed by atoms with Crippen LogP contribution in [0.25, 0.3) is 10.2 Å². The number of carbonyl (C=O) groups is 1. The molecule has 38 heavy (non-hydrogen) atoms. The summed E-state index contributed by atoms with van der Waals surface area (Å²) in [6, 6.07) is 7.92. The first-order valence-corrected chi connectivity index (χ1v) is 15.6. The van der Waals surface area contributed by atoms with E-state index in [1.807, 2.05) is 24.3 Å². The Kier molecular flexibility index (Phi) is 6.90. The topological polar surface area (TPSA) is 103 Å². The number of carbonyl (C=O) groups excluding carboxylic acids is 1. The van der Waals surface area contributed by atoms with Gasteiger partial charge < -0.3 is 20.6 Å². The molecule has 4 aliphatic carbocycles. The van der Waals surface area contributed by atoms with E-state index in [0.717, 1.165) is 61.6 Å². The summed E-state index contributed by atoms with van der Waals surface area (Å²) in [6.07, 6.45) is 6.47. The number of aliphatic hydroxyl groups is 3. The predicted molar refractivity (Wildman–Crippen MR) is 151 cm³/mol. The van der Waals surface area contributed by atoms with Gasteiger partial charge in [-0.05, 0) is 110 Å². The molecular weight excluding hydrogens is 496 g/mol. The van der Waals surface area contributed by atoms with Crippen molar-refractivity contribution in [2.45, 2.75) is 96.9 Å². The highest BCUT2D eigenvalue weighted by atomic mass is 32.1. The molecule has 0 aliphatic heterocycles. The summed E-state index contributed by atoms with van der Waals surface area (Å²) in [4.78, 5) is 17.3. The van der Waals surface area contributed by atoms with E-state index >= 15 is 0 Å². The molecule has 4 saturated carbocycles. The molecule has 4 aliphatic rings. The summed E-state index contributed by atoms with van der Waals surface area (Å²) < 4.78 is 1.07. The molecule has 7 heteroatoms. The summed E-state index contributed by atoms with van der Waals surface area (Å²) in [7, 11) is 0. The Hall–Kier alpha value is -1.54. The molecule has 6 rings (SSSR count). The van der Waals surface area contributed by atoms with E-state index in [1.54, 1.807) is 0 Å². The third-order valence-electron chi connectivity index (χ3n) is 11.9. The number of para-hydroxylation sites is 1. The van der Waals surface area contributed by atoms with Crippen LogP contribution in [-0.4, -0.2) is 44.5 Å². The number of thiazole rings is 1. The maximum atomic E-state index is 12.8. The molecule has 4 N–H and O–H groups in total. The number of anilines is 1. The van der Waals surface area contributed by atoms with Crippen molar-refractivity contribution < 1.29 is 20.1 Å². The zero-order valence-electron chi connectivity index (χ0n) is 23.0. The standard InChI is InChI=1S/C31H44N2O4S/c1-17(8-11-27(37)33-29-32-23-6-4-5-7-25(23)38-29)20-9-10-21-28-22(16-26(36)31(20,21)3)30(2)13-12-19(34)14-18(30)15-24(28)35/h4-7,17-22,24,26,28,34-36H,8-16H2,1-3H3,(H,32,33,37). The highest BCUT2D eigenvalue weighted by molar-refractivity contribution is 7.22. The van der Waals surface area contributed by atoms with Gasteiger partial charge >= 0.3 is 0 Å². The Morgan fingerprint density at radius 3 is 2.68 bits per heavy atom. The van der Waals surface area contributed by atoms with Crippen molar-refractivity contribution in [1.29, 1.82) is 0 Å². The lowest BCUT2D eigenvalue weighted by molar-refractivity contribution is -0.207. The minimum absolute atomic E-state index is 0.000943. The zero-order chi connectivity index (χ0) is 26.8. The Labute approximate surface area is 230 Å². The van der Waals surface area contributed by atoms with E-state index in [4.69, 9.17) is 0 Å². The lowest BCUT2D eigenvalue weighted by atomic mass is 9.43. The van der Waals surface area contributed by atoms with E-state index in [1.165, 1.54) is 11.3 Å². The molecule has 11 atom stereocenters. The maximum absolute atomic E-state index is 12.8. The summed E-state index contributed by atoms with van der Waals surface area (Å²) in [6.45, 7) is 6.90. The Morgan fingerprint density at radius 1 is 1.11 bits per heavy atom. The molecule has 1 aromatic carbocycles. The van der Waals surface area contributed by atoms with Crippen molar-refractivity contribution in [3.63, 3.8) is 0 Å². The van der Waals surface area contributed by atoms with Crippen LogP contribution < -0.4 is 5.32 Å². The normalized spacial score (nSPS) is 43.2. The highest BCUT2D eigenvalue weighted by Gasteiger charge is 2.65. The number of hydrogen-bond donors (Lipinski definition) is 4. The summed E-state index contributed by atoms with van der Waals surface area (Å²) in [5, 5.41) is 37.2. The molecule has 0 bridgehead atoms. The average Bonchev–Trinajstić information content (AvgIpc) is 3.45. The fraction of sp³-hybridized carbons (Fsp3) is 0.742. The van der Waals surface area contributed by atoms with E-state index < -0.39 is 6.10 Å². The second-order valence-corrected chi connectivity index (χ2v) is 14.6. The third kappa shape index (κ3) is 4.23. The minimum Gasteiger partial charge on any atom is -0.393 e. The van der Waals surface area contributed by atoms with Crippen molar-refractivity contribution in [3.8, 4) is 0 Å².